The monoisotopic (exact) mass is 453 g/mol. The van der Waals surface area contributed by atoms with Crippen molar-refractivity contribution in [2.24, 2.45) is 4.99 Å². The zero-order chi connectivity index (χ0) is 22.7. The van der Waals surface area contributed by atoms with E-state index in [0.717, 1.165) is 18.3 Å². The maximum atomic E-state index is 14.4. The summed E-state index contributed by atoms with van der Waals surface area (Å²) in [5.41, 5.74) is 0.312. The first-order valence-corrected chi connectivity index (χ1v) is 9.63. The molecule has 1 atom stereocenters. The number of nitrogens with one attached hydrogen (secondary N) is 1. The predicted molar refractivity (Wildman–Crippen MR) is 108 cm³/mol. The van der Waals surface area contributed by atoms with Crippen LogP contribution < -0.4 is 5.32 Å². The number of aromatic nitrogens is 1. The first kappa shape index (κ1) is 22.8. The lowest BCUT2D eigenvalue weighted by Crippen LogP contribution is -2.37. The molecule has 0 amide bonds. The molecule has 0 saturated heterocycles. The van der Waals surface area contributed by atoms with E-state index < -0.39 is 29.5 Å². The van der Waals surface area contributed by atoms with E-state index in [4.69, 9.17) is 21.1 Å². The van der Waals surface area contributed by atoms with Gasteiger partial charge in [0.25, 0.3) is 0 Å². The van der Waals surface area contributed by atoms with Gasteiger partial charge in [0.1, 0.15) is 23.4 Å². The highest BCUT2D eigenvalue weighted by atomic mass is 35.5. The second-order valence-electron chi connectivity index (χ2n) is 6.90. The number of aliphatic imine (C=N–C) groups is 1. The second-order valence-corrected chi connectivity index (χ2v) is 7.31. The molecule has 0 aliphatic carbocycles. The summed E-state index contributed by atoms with van der Waals surface area (Å²) in [7, 11) is 1.19. The lowest BCUT2D eigenvalue weighted by molar-refractivity contribution is -0.136. The summed E-state index contributed by atoms with van der Waals surface area (Å²) in [6.45, 7) is 3.52. The normalized spacial score (nSPS) is 16.3. The minimum Gasteiger partial charge on any atom is -0.466 e. The Balaban J connectivity index is 2.20. The molecule has 2 heterocycles. The third-order valence-corrected chi connectivity index (χ3v) is 4.71. The zero-order valence-corrected chi connectivity index (χ0v) is 17.6. The number of amidine groups is 1. The van der Waals surface area contributed by atoms with E-state index in [1.165, 1.54) is 13.2 Å². The number of hydrogen-bond acceptors (Lipinski definition) is 6. The third-order valence-electron chi connectivity index (χ3n) is 4.38. The van der Waals surface area contributed by atoms with Gasteiger partial charge in [-0.3, -0.25) is 4.99 Å². The molecule has 2 aromatic rings. The molecular formula is C21H19ClF3N3O3. The van der Waals surface area contributed by atoms with E-state index in [1.54, 1.807) is 13.8 Å². The van der Waals surface area contributed by atoms with Crippen LogP contribution in [0, 0.1) is 17.5 Å². The van der Waals surface area contributed by atoms with Crippen molar-refractivity contribution in [2.75, 3.05) is 13.7 Å². The Morgan fingerprint density at radius 2 is 1.97 bits per heavy atom. The molecule has 1 aliphatic heterocycles. The highest BCUT2D eigenvalue weighted by molar-refractivity contribution is 6.31. The van der Waals surface area contributed by atoms with Crippen LogP contribution in [0.3, 0.4) is 0 Å². The molecule has 1 aromatic carbocycles. The SMILES string of the molecule is COC(=O)C1=C(COC(C)C)NC(c2ncc(F)cc2F)=NC1c1ccc(F)cc1Cl. The molecule has 6 nitrogen and oxygen atoms in total. The third kappa shape index (κ3) is 5.05. The molecule has 0 fully saturated rings. The van der Waals surface area contributed by atoms with E-state index in [9.17, 15) is 18.0 Å². The van der Waals surface area contributed by atoms with Crippen molar-refractivity contribution in [2.45, 2.75) is 26.0 Å². The number of carbonyl (C=O) groups excluding carboxylic acids is 1. The van der Waals surface area contributed by atoms with Gasteiger partial charge in [-0.05, 0) is 26.0 Å². The van der Waals surface area contributed by atoms with Crippen molar-refractivity contribution in [1.29, 1.82) is 0 Å². The van der Waals surface area contributed by atoms with Crippen LogP contribution >= 0.6 is 11.6 Å². The number of halogens is 4. The predicted octanol–water partition coefficient (Wildman–Crippen LogP) is 4.10. The fourth-order valence-corrected chi connectivity index (χ4v) is 3.24. The Hall–Kier alpha value is -2.91. The summed E-state index contributed by atoms with van der Waals surface area (Å²) in [4.78, 5) is 20.8. The molecule has 0 bridgehead atoms. The van der Waals surface area contributed by atoms with Gasteiger partial charge >= 0.3 is 5.97 Å². The van der Waals surface area contributed by atoms with Crippen molar-refractivity contribution >= 4 is 23.4 Å². The fraction of sp³-hybridized carbons (Fsp3) is 0.286. The molecule has 3 rings (SSSR count). The molecule has 10 heteroatoms. The number of ether oxygens (including phenoxy) is 2. The van der Waals surface area contributed by atoms with Crippen LogP contribution in [-0.2, 0) is 14.3 Å². The van der Waals surface area contributed by atoms with E-state index in [0.29, 0.717) is 6.07 Å². The summed E-state index contributed by atoms with van der Waals surface area (Å²) < 4.78 is 51.9. The van der Waals surface area contributed by atoms with Gasteiger partial charge in [-0.15, -0.1) is 0 Å². The van der Waals surface area contributed by atoms with Gasteiger partial charge in [0, 0.05) is 16.7 Å². The minimum absolute atomic E-state index is 0.00747. The van der Waals surface area contributed by atoms with Gasteiger partial charge in [-0.2, -0.15) is 0 Å². The van der Waals surface area contributed by atoms with Gasteiger partial charge in [-0.25, -0.2) is 22.9 Å². The van der Waals surface area contributed by atoms with Crippen molar-refractivity contribution in [3.63, 3.8) is 0 Å². The average molecular weight is 454 g/mol. The van der Waals surface area contributed by atoms with Crippen molar-refractivity contribution in [1.82, 2.24) is 10.3 Å². The highest BCUT2D eigenvalue weighted by Crippen LogP contribution is 2.36. The van der Waals surface area contributed by atoms with Crippen LogP contribution in [0.1, 0.15) is 31.1 Å². The molecule has 1 unspecified atom stereocenters. The number of nitrogens with zero attached hydrogens (tertiary/aromatic N) is 2. The lowest BCUT2D eigenvalue weighted by Gasteiger charge is -2.28. The maximum absolute atomic E-state index is 14.4. The molecule has 0 saturated carbocycles. The van der Waals surface area contributed by atoms with Crippen molar-refractivity contribution < 1.29 is 27.4 Å². The largest absolute Gasteiger partial charge is 0.466 e. The standard InChI is InChI=1S/C21H19ClF3N3O3/c1-10(2)31-9-16-17(21(29)30-3)18(13-5-4-11(23)6-14(13)22)28-20(27-16)19-15(25)7-12(24)8-26-19/h4-8,10,18H,9H2,1-3H3,(H,27,28). The smallest absolute Gasteiger partial charge is 0.338 e. The summed E-state index contributed by atoms with van der Waals surface area (Å²) in [6.07, 6.45) is 0.649. The van der Waals surface area contributed by atoms with Gasteiger partial charge in [0.05, 0.1) is 37.3 Å². The Morgan fingerprint density at radius 3 is 2.58 bits per heavy atom. The number of hydrogen-bond donors (Lipinski definition) is 1. The highest BCUT2D eigenvalue weighted by Gasteiger charge is 2.34. The molecule has 0 radical (unpaired) electrons. The molecule has 0 spiro atoms. The molecule has 1 aromatic heterocycles. The lowest BCUT2D eigenvalue weighted by atomic mass is 9.95. The minimum atomic E-state index is -1.08. The molecule has 31 heavy (non-hydrogen) atoms. The molecule has 164 valence electrons. The van der Waals surface area contributed by atoms with Gasteiger partial charge < -0.3 is 14.8 Å². The number of methoxy groups -OCH3 is 1. The molecule has 1 N–H and O–H groups in total. The van der Waals surface area contributed by atoms with Crippen molar-refractivity contribution in [3.8, 4) is 0 Å². The van der Waals surface area contributed by atoms with E-state index in [2.05, 4.69) is 15.3 Å². The maximum Gasteiger partial charge on any atom is 0.338 e. The molecule has 1 aliphatic rings. The number of benzene rings is 1. The number of pyridine rings is 1. The van der Waals surface area contributed by atoms with Crippen LogP contribution in [0.2, 0.25) is 5.02 Å². The Labute approximate surface area is 181 Å². The topological polar surface area (TPSA) is 72.8 Å². The first-order chi connectivity index (χ1) is 14.7. The number of esters is 1. The Bertz CT molecular complexity index is 1070. The van der Waals surface area contributed by atoms with Gasteiger partial charge in [0.15, 0.2) is 11.7 Å². The van der Waals surface area contributed by atoms with Crippen LogP contribution in [0.15, 0.2) is 46.7 Å². The van der Waals surface area contributed by atoms with Gasteiger partial charge in [0.2, 0.25) is 0 Å². The van der Waals surface area contributed by atoms with Crippen LogP contribution in [0.25, 0.3) is 0 Å². The van der Waals surface area contributed by atoms with Crippen molar-refractivity contribution in [3.05, 3.63) is 75.5 Å². The second kappa shape index (κ2) is 9.49. The number of rotatable bonds is 6. The van der Waals surface area contributed by atoms with E-state index in [-0.39, 0.29) is 46.1 Å². The van der Waals surface area contributed by atoms with Gasteiger partial charge in [-0.1, -0.05) is 17.7 Å². The van der Waals surface area contributed by atoms with Crippen LogP contribution in [-0.4, -0.2) is 36.6 Å². The Morgan fingerprint density at radius 1 is 1.23 bits per heavy atom. The van der Waals surface area contributed by atoms with Crippen LogP contribution in [0.4, 0.5) is 13.2 Å². The summed E-state index contributed by atoms with van der Waals surface area (Å²) >= 11 is 6.22. The van der Waals surface area contributed by atoms with E-state index >= 15 is 0 Å². The average Bonchev–Trinajstić information content (AvgIpc) is 2.71. The summed E-state index contributed by atoms with van der Waals surface area (Å²) in [5.74, 6) is -3.19. The quantitative estimate of drug-likeness (QED) is 0.667. The summed E-state index contributed by atoms with van der Waals surface area (Å²) in [6, 6.07) is 3.19. The molecular weight excluding hydrogens is 435 g/mol. The van der Waals surface area contributed by atoms with Crippen LogP contribution in [0.5, 0.6) is 0 Å². The van der Waals surface area contributed by atoms with E-state index in [1.807, 2.05) is 0 Å². The summed E-state index contributed by atoms with van der Waals surface area (Å²) in [5, 5.41) is 2.85. The number of carbonyl (C=O) groups is 1. The fourth-order valence-electron chi connectivity index (χ4n) is 2.97. The zero-order valence-electron chi connectivity index (χ0n) is 16.9. The first-order valence-electron chi connectivity index (χ1n) is 9.25. The Kier molecular flexibility index (Phi) is 6.97.